The van der Waals surface area contributed by atoms with Crippen molar-refractivity contribution in [1.82, 2.24) is 20.9 Å². The zero-order chi connectivity index (χ0) is 42.9. The number of nitriles is 1. The van der Waals surface area contributed by atoms with Crippen molar-refractivity contribution in [3.63, 3.8) is 0 Å². The number of alkyl halides is 3. The third kappa shape index (κ3) is 8.26. The number of aromatic nitrogens is 1. The van der Waals surface area contributed by atoms with Crippen LogP contribution in [0.2, 0.25) is 0 Å². The molecule has 2 amide bonds. The first-order chi connectivity index (χ1) is 28.6. The van der Waals surface area contributed by atoms with Gasteiger partial charge in [-0.25, -0.2) is 8.78 Å². The predicted molar refractivity (Wildman–Crippen MR) is 222 cm³/mol. The zero-order valence-electron chi connectivity index (χ0n) is 32.8. The Hall–Kier alpha value is -5.98. The summed E-state index contributed by atoms with van der Waals surface area (Å²) in [5, 5.41) is 19.0. The van der Waals surface area contributed by atoms with Gasteiger partial charge < -0.3 is 25.8 Å². The summed E-state index contributed by atoms with van der Waals surface area (Å²) in [6, 6.07) is 19.2. The van der Waals surface area contributed by atoms with Crippen LogP contribution < -0.4 is 20.9 Å². The zero-order valence-corrected chi connectivity index (χ0v) is 33.6. The van der Waals surface area contributed by atoms with Crippen LogP contribution >= 0.6 is 12.2 Å². The highest BCUT2D eigenvalue weighted by atomic mass is 32.1. The van der Waals surface area contributed by atoms with E-state index in [1.165, 1.54) is 55.1 Å². The minimum Gasteiger partial charge on any atom is -0.354 e. The van der Waals surface area contributed by atoms with Crippen LogP contribution in [0, 0.1) is 23.0 Å². The first-order valence-electron chi connectivity index (χ1n) is 19.6. The Kier molecular flexibility index (Phi) is 11.9. The lowest BCUT2D eigenvalue weighted by Crippen LogP contribution is -2.44. The number of aromatic amines is 1. The fourth-order valence-corrected chi connectivity index (χ4v) is 8.69. The van der Waals surface area contributed by atoms with Crippen molar-refractivity contribution in [1.29, 1.82) is 5.26 Å². The molecule has 0 bridgehead atoms. The van der Waals surface area contributed by atoms with E-state index in [9.17, 15) is 37.2 Å². The first-order valence-corrected chi connectivity index (χ1v) is 20.0. The quantitative estimate of drug-likeness (QED) is 0.0531. The number of rotatable bonds is 13. The minimum atomic E-state index is -4.83. The maximum atomic E-state index is 15.4. The average Bonchev–Trinajstić information content (AvgIpc) is 3.58. The van der Waals surface area contributed by atoms with Crippen LogP contribution in [0.3, 0.4) is 0 Å². The smallest absolute Gasteiger partial charge is 0.354 e. The van der Waals surface area contributed by atoms with Crippen molar-refractivity contribution in [2.45, 2.75) is 70.1 Å². The molecule has 60 heavy (non-hydrogen) atoms. The van der Waals surface area contributed by atoms with Gasteiger partial charge in [0, 0.05) is 41.9 Å². The van der Waals surface area contributed by atoms with Gasteiger partial charge in [-0.1, -0.05) is 55.4 Å². The molecule has 0 saturated carbocycles. The van der Waals surface area contributed by atoms with E-state index in [1.54, 1.807) is 0 Å². The third-order valence-corrected chi connectivity index (χ3v) is 11.6. The first kappa shape index (κ1) is 42.2. The molecule has 1 aromatic heterocycles. The fraction of sp³-hybridized carbons (Fsp3) is 0.311. The van der Waals surface area contributed by atoms with Crippen molar-refractivity contribution in [3.05, 3.63) is 123 Å². The van der Waals surface area contributed by atoms with E-state index in [2.05, 4.69) is 20.9 Å². The van der Waals surface area contributed by atoms with Crippen LogP contribution in [0.5, 0.6) is 0 Å². The summed E-state index contributed by atoms with van der Waals surface area (Å²) in [4.78, 5) is 43.7. The fourth-order valence-electron chi connectivity index (χ4n) is 8.11. The predicted octanol–water partition coefficient (Wildman–Crippen LogP) is 8.65. The Balaban J connectivity index is 0.856. The highest BCUT2D eigenvalue weighted by molar-refractivity contribution is 7.80. The van der Waals surface area contributed by atoms with Crippen molar-refractivity contribution < 1.29 is 36.3 Å². The number of halogens is 5. The van der Waals surface area contributed by atoms with Gasteiger partial charge >= 0.3 is 6.18 Å². The number of benzene rings is 4. The SMILES string of the molecule is CC1(C)C(=O)C(c2ccc(C#N)c(C(F)(F)F)c2)C(=S)N1c1ccc(C(=O)NCCCCCCNCc2ccc(-c3[nH]c4cc(F)cc5c4c3CCNC5=O)cc2)c(F)c1. The molecule has 1 fully saturated rings. The number of hydrogen-bond acceptors (Lipinski definition) is 6. The normalized spacial score (nSPS) is 16.2. The molecule has 9 nitrogen and oxygen atoms in total. The van der Waals surface area contributed by atoms with E-state index in [0.29, 0.717) is 43.6 Å². The van der Waals surface area contributed by atoms with Crippen molar-refractivity contribution in [2.75, 3.05) is 24.5 Å². The standard InChI is InChI=1S/C45H41F5N6O3S/c1-44(2)40(57)37(27-11-12-28(23-51)34(19-27)45(48,49)50)43(60)56(44)30-13-14-31(35(47)22-30)41(58)53-17-6-4-3-5-16-52-24-25-7-9-26(10-8-25)39-32-15-18-54-42(59)33-20-29(46)21-36(55-39)38(32)33/h7-14,19-22,37,52,55H,3-6,15-18,24H2,1-2H3,(H,53,58)(H,54,59). The van der Waals surface area contributed by atoms with Gasteiger partial charge in [-0.05, 0) is 104 Å². The van der Waals surface area contributed by atoms with Crippen LogP contribution in [0.15, 0.2) is 72.8 Å². The van der Waals surface area contributed by atoms with Gasteiger partial charge in [0.25, 0.3) is 11.8 Å². The highest BCUT2D eigenvalue weighted by Gasteiger charge is 2.52. The molecule has 5 aromatic rings. The number of carbonyl (C=O) groups excluding carboxylic acids is 3. The van der Waals surface area contributed by atoms with Gasteiger partial charge in [0.15, 0.2) is 5.78 Å². The van der Waals surface area contributed by atoms with Crippen LogP contribution in [0.4, 0.5) is 27.6 Å². The summed E-state index contributed by atoms with van der Waals surface area (Å²) >= 11 is 5.60. The van der Waals surface area contributed by atoms with E-state index in [-0.39, 0.29) is 27.7 Å². The molecule has 2 aliphatic heterocycles. The van der Waals surface area contributed by atoms with Crippen molar-refractivity contribution >= 4 is 51.4 Å². The molecule has 2 aliphatic rings. The molecule has 1 saturated heterocycles. The molecule has 0 aliphatic carbocycles. The van der Waals surface area contributed by atoms with Crippen LogP contribution in [-0.4, -0.2) is 52.7 Å². The van der Waals surface area contributed by atoms with Crippen LogP contribution in [-0.2, 0) is 23.9 Å². The molecule has 1 unspecified atom stereocenters. The molecule has 1 atom stereocenters. The number of thiocarbonyl (C=S) groups is 1. The topological polar surface area (TPSA) is 130 Å². The van der Waals surface area contributed by atoms with E-state index in [4.69, 9.17) is 12.2 Å². The number of hydrogen-bond donors (Lipinski definition) is 4. The molecule has 7 rings (SSSR count). The number of unbranched alkanes of at least 4 members (excludes halogenated alkanes) is 3. The molecule has 4 N–H and O–H groups in total. The van der Waals surface area contributed by atoms with E-state index in [0.717, 1.165) is 71.8 Å². The maximum absolute atomic E-state index is 15.4. The van der Waals surface area contributed by atoms with Crippen molar-refractivity contribution in [3.8, 4) is 17.3 Å². The highest BCUT2D eigenvalue weighted by Crippen LogP contribution is 2.43. The number of Topliss-reactive ketones (excluding diaryl/α,β-unsaturated/α-hetero) is 1. The van der Waals surface area contributed by atoms with E-state index in [1.807, 2.05) is 24.3 Å². The molecule has 310 valence electrons. The summed E-state index contributed by atoms with van der Waals surface area (Å²) < 4.78 is 70.8. The lowest BCUT2D eigenvalue weighted by molar-refractivity contribution is -0.138. The number of anilines is 1. The molecular formula is C45H41F5N6O3S. The molecular weight excluding hydrogens is 800 g/mol. The van der Waals surface area contributed by atoms with Gasteiger partial charge in [-0.2, -0.15) is 18.4 Å². The Morgan fingerprint density at radius 2 is 1.70 bits per heavy atom. The van der Waals surface area contributed by atoms with E-state index < -0.39 is 52.1 Å². The second-order valence-electron chi connectivity index (χ2n) is 15.5. The lowest BCUT2D eigenvalue weighted by Gasteiger charge is -2.31. The summed E-state index contributed by atoms with van der Waals surface area (Å²) in [6.45, 7) is 5.35. The Morgan fingerprint density at radius 1 is 0.967 bits per heavy atom. The van der Waals surface area contributed by atoms with Gasteiger partial charge in [-0.3, -0.25) is 14.4 Å². The number of carbonyl (C=O) groups is 3. The number of H-pyrrole nitrogens is 1. The number of nitrogens with zero attached hydrogens (tertiary/aromatic N) is 2. The molecule has 4 aromatic carbocycles. The molecule has 3 heterocycles. The Labute approximate surface area is 348 Å². The molecule has 0 spiro atoms. The van der Waals surface area contributed by atoms with Gasteiger partial charge in [0.05, 0.1) is 44.8 Å². The second-order valence-corrected chi connectivity index (χ2v) is 15.9. The average molecular weight is 841 g/mol. The van der Waals surface area contributed by atoms with Crippen LogP contribution in [0.25, 0.3) is 22.2 Å². The van der Waals surface area contributed by atoms with Gasteiger partial charge in [0.2, 0.25) is 0 Å². The third-order valence-electron chi connectivity index (χ3n) is 11.2. The lowest BCUT2D eigenvalue weighted by atomic mass is 9.88. The van der Waals surface area contributed by atoms with Crippen LogP contribution in [0.1, 0.15) is 94.0 Å². The minimum absolute atomic E-state index is 0.0248. The number of ketones is 1. The maximum Gasteiger partial charge on any atom is 0.417 e. The Morgan fingerprint density at radius 3 is 2.40 bits per heavy atom. The molecule has 15 heteroatoms. The second kappa shape index (κ2) is 16.9. The number of nitrogens with one attached hydrogen (secondary N) is 4. The monoisotopic (exact) mass is 840 g/mol. The summed E-state index contributed by atoms with van der Waals surface area (Å²) in [5.74, 6) is -3.92. The van der Waals surface area contributed by atoms with Crippen molar-refractivity contribution in [2.24, 2.45) is 0 Å². The summed E-state index contributed by atoms with van der Waals surface area (Å²) in [7, 11) is 0. The van der Waals surface area contributed by atoms with Gasteiger partial charge in [0.1, 0.15) is 11.6 Å². The largest absolute Gasteiger partial charge is 0.417 e. The number of amides is 2. The summed E-state index contributed by atoms with van der Waals surface area (Å²) in [5.41, 5.74) is 1.72. The van der Waals surface area contributed by atoms with E-state index >= 15 is 4.39 Å². The molecule has 0 radical (unpaired) electrons. The Bertz CT molecular complexity index is 2560. The van der Waals surface area contributed by atoms with Gasteiger partial charge in [-0.15, -0.1) is 0 Å². The summed E-state index contributed by atoms with van der Waals surface area (Å²) in [6.07, 6.45) is -0.829.